The summed E-state index contributed by atoms with van der Waals surface area (Å²) in [6.45, 7) is 8.84. The quantitative estimate of drug-likeness (QED) is 0.675. The Bertz CT molecular complexity index is 235. The lowest BCUT2D eigenvalue weighted by Crippen LogP contribution is -2.50. The summed E-state index contributed by atoms with van der Waals surface area (Å²) in [4.78, 5) is 13.4. The molecule has 0 aromatic carbocycles. The highest BCUT2D eigenvalue weighted by Gasteiger charge is 2.35. The number of carbonyl (C=O) groups excluding carboxylic acids is 1. The minimum atomic E-state index is -0.296. The third-order valence-electron chi connectivity index (χ3n) is 2.84. The van der Waals surface area contributed by atoms with E-state index < -0.39 is 0 Å². The van der Waals surface area contributed by atoms with Gasteiger partial charge in [0.25, 0.3) is 0 Å². The zero-order valence-corrected chi connectivity index (χ0v) is 8.99. The highest BCUT2D eigenvalue weighted by atomic mass is 16.3. The van der Waals surface area contributed by atoms with Crippen molar-refractivity contribution in [2.24, 2.45) is 5.41 Å². The fourth-order valence-corrected chi connectivity index (χ4v) is 1.81. The summed E-state index contributed by atoms with van der Waals surface area (Å²) in [6.07, 6.45) is 2.40. The summed E-state index contributed by atoms with van der Waals surface area (Å²) in [5.41, 5.74) is -0.185. The molecule has 0 saturated carbocycles. The number of hydrogen-bond donors (Lipinski definition) is 1. The zero-order valence-electron chi connectivity index (χ0n) is 8.99. The van der Waals surface area contributed by atoms with Crippen LogP contribution in [0.3, 0.4) is 0 Å². The maximum atomic E-state index is 11.6. The summed E-state index contributed by atoms with van der Waals surface area (Å²) in [7, 11) is 0. The molecule has 1 rings (SSSR count). The van der Waals surface area contributed by atoms with Crippen molar-refractivity contribution in [2.75, 3.05) is 13.1 Å². The van der Waals surface area contributed by atoms with Crippen molar-refractivity contribution >= 4 is 5.91 Å². The maximum absolute atomic E-state index is 11.6. The first-order chi connectivity index (χ1) is 6.47. The van der Waals surface area contributed by atoms with Crippen LogP contribution in [0.2, 0.25) is 0 Å². The molecular formula is C11H19NO2. The predicted octanol–water partition coefficient (Wildman–Crippen LogP) is 1.18. The summed E-state index contributed by atoms with van der Waals surface area (Å²) < 4.78 is 0. The zero-order chi connectivity index (χ0) is 10.8. The lowest BCUT2D eigenvalue weighted by atomic mass is 9.81. The van der Waals surface area contributed by atoms with E-state index in [1.165, 1.54) is 0 Å². The number of piperidine rings is 1. The Morgan fingerprint density at radius 3 is 2.86 bits per heavy atom. The first kappa shape index (κ1) is 11.2. The molecule has 80 valence electrons. The van der Waals surface area contributed by atoms with E-state index in [0.717, 1.165) is 0 Å². The Hall–Kier alpha value is -0.830. The fraction of sp³-hybridized carbons (Fsp3) is 0.727. The number of aliphatic hydroxyl groups is 1. The van der Waals surface area contributed by atoms with E-state index in [4.69, 9.17) is 0 Å². The van der Waals surface area contributed by atoms with Crippen LogP contribution in [-0.2, 0) is 4.79 Å². The molecule has 1 heterocycles. The van der Waals surface area contributed by atoms with Gasteiger partial charge in [0.1, 0.15) is 0 Å². The lowest BCUT2D eigenvalue weighted by molar-refractivity contribution is -0.136. The second kappa shape index (κ2) is 4.13. The SMILES string of the molecule is C=CCC(=O)N1CCC(O)C(C)(C)C1. The molecule has 3 nitrogen and oxygen atoms in total. The van der Waals surface area contributed by atoms with Crippen molar-refractivity contribution in [1.82, 2.24) is 4.90 Å². The Labute approximate surface area is 85.4 Å². The molecule has 0 aromatic heterocycles. The fourth-order valence-electron chi connectivity index (χ4n) is 1.81. The van der Waals surface area contributed by atoms with Crippen LogP contribution in [0.4, 0.5) is 0 Å². The molecule has 14 heavy (non-hydrogen) atoms. The first-order valence-corrected chi connectivity index (χ1v) is 5.04. The van der Waals surface area contributed by atoms with Crippen molar-refractivity contribution in [3.05, 3.63) is 12.7 Å². The topological polar surface area (TPSA) is 40.5 Å². The van der Waals surface area contributed by atoms with Gasteiger partial charge in [0.2, 0.25) is 5.91 Å². The molecule has 0 aliphatic carbocycles. The van der Waals surface area contributed by atoms with Crippen LogP contribution in [-0.4, -0.2) is 35.1 Å². The molecule has 1 aliphatic rings. The highest BCUT2D eigenvalue weighted by molar-refractivity contribution is 5.77. The van der Waals surface area contributed by atoms with E-state index >= 15 is 0 Å². The van der Waals surface area contributed by atoms with Gasteiger partial charge in [0.05, 0.1) is 6.10 Å². The van der Waals surface area contributed by atoms with Gasteiger partial charge in [-0.3, -0.25) is 4.79 Å². The van der Waals surface area contributed by atoms with Crippen molar-refractivity contribution in [2.45, 2.75) is 32.8 Å². The molecule has 1 aliphatic heterocycles. The van der Waals surface area contributed by atoms with Crippen LogP contribution < -0.4 is 0 Å². The predicted molar refractivity (Wildman–Crippen MR) is 55.8 cm³/mol. The minimum absolute atomic E-state index is 0.111. The smallest absolute Gasteiger partial charge is 0.226 e. The van der Waals surface area contributed by atoms with Crippen LogP contribution in [0.15, 0.2) is 12.7 Å². The molecule has 0 radical (unpaired) electrons. The number of nitrogens with zero attached hydrogens (tertiary/aromatic N) is 1. The Morgan fingerprint density at radius 2 is 2.36 bits per heavy atom. The van der Waals surface area contributed by atoms with Crippen LogP contribution in [0, 0.1) is 5.41 Å². The van der Waals surface area contributed by atoms with Gasteiger partial charge in [-0.15, -0.1) is 6.58 Å². The lowest BCUT2D eigenvalue weighted by Gasteiger charge is -2.41. The molecule has 1 fully saturated rings. The second-order valence-electron chi connectivity index (χ2n) is 4.60. The summed E-state index contributed by atoms with van der Waals surface area (Å²) in [5, 5.41) is 9.71. The average Bonchev–Trinajstić information content (AvgIpc) is 2.10. The summed E-state index contributed by atoms with van der Waals surface area (Å²) >= 11 is 0. The summed E-state index contributed by atoms with van der Waals surface area (Å²) in [6, 6.07) is 0. The van der Waals surface area contributed by atoms with Gasteiger partial charge in [-0.1, -0.05) is 19.9 Å². The third-order valence-corrected chi connectivity index (χ3v) is 2.84. The normalized spacial score (nSPS) is 25.9. The van der Waals surface area contributed by atoms with Gasteiger partial charge in [-0.25, -0.2) is 0 Å². The molecule has 0 spiro atoms. The number of hydrogen-bond acceptors (Lipinski definition) is 2. The van der Waals surface area contributed by atoms with E-state index in [1.807, 2.05) is 18.7 Å². The molecule has 0 bridgehead atoms. The first-order valence-electron chi connectivity index (χ1n) is 5.04. The van der Waals surface area contributed by atoms with Gasteiger partial charge >= 0.3 is 0 Å². The van der Waals surface area contributed by atoms with Crippen LogP contribution >= 0.6 is 0 Å². The second-order valence-corrected chi connectivity index (χ2v) is 4.60. The average molecular weight is 197 g/mol. The number of amides is 1. The van der Waals surface area contributed by atoms with E-state index in [2.05, 4.69) is 6.58 Å². The van der Waals surface area contributed by atoms with Crippen LogP contribution in [0.1, 0.15) is 26.7 Å². The molecule has 0 aromatic rings. The van der Waals surface area contributed by atoms with E-state index in [0.29, 0.717) is 25.9 Å². The van der Waals surface area contributed by atoms with E-state index in [9.17, 15) is 9.90 Å². The molecule has 3 heteroatoms. The number of carbonyl (C=O) groups is 1. The molecule has 1 atom stereocenters. The Morgan fingerprint density at radius 1 is 1.71 bits per heavy atom. The van der Waals surface area contributed by atoms with Crippen molar-refractivity contribution in [1.29, 1.82) is 0 Å². The van der Waals surface area contributed by atoms with Crippen LogP contribution in [0.25, 0.3) is 0 Å². The Kier molecular flexibility index (Phi) is 3.32. The highest BCUT2D eigenvalue weighted by Crippen LogP contribution is 2.29. The Balaban J connectivity index is 2.59. The van der Waals surface area contributed by atoms with Gasteiger partial charge < -0.3 is 10.0 Å². The molecule has 1 saturated heterocycles. The standard InChI is InChI=1S/C11H19NO2/c1-4-5-10(14)12-7-6-9(13)11(2,3)8-12/h4,9,13H,1,5-8H2,2-3H3. The monoisotopic (exact) mass is 197 g/mol. The van der Waals surface area contributed by atoms with Gasteiger partial charge in [0.15, 0.2) is 0 Å². The van der Waals surface area contributed by atoms with Crippen molar-refractivity contribution in [3.63, 3.8) is 0 Å². The third kappa shape index (κ3) is 2.35. The van der Waals surface area contributed by atoms with Gasteiger partial charge in [0, 0.05) is 24.9 Å². The van der Waals surface area contributed by atoms with Gasteiger partial charge in [-0.2, -0.15) is 0 Å². The van der Waals surface area contributed by atoms with Crippen molar-refractivity contribution < 1.29 is 9.90 Å². The molecule has 1 amide bonds. The van der Waals surface area contributed by atoms with E-state index in [-0.39, 0.29) is 17.4 Å². The summed E-state index contributed by atoms with van der Waals surface area (Å²) in [5.74, 6) is 0.111. The van der Waals surface area contributed by atoms with E-state index in [1.54, 1.807) is 6.08 Å². The van der Waals surface area contributed by atoms with Gasteiger partial charge in [-0.05, 0) is 6.42 Å². The van der Waals surface area contributed by atoms with Crippen molar-refractivity contribution in [3.8, 4) is 0 Å². The molecule has 1 N–H and O–H groups in total. The maximum Gasteiger partial charge on any atom is 0.226 e. The minimum Gasteiger partial charge on any atom is -0.392 e. The number of likely N-dealkylation sites (tertiary alicyclic amines) is 1. The number of rotatable bonds is 2. The molecular weight excluding hydrogens is 178 g/mol. The van der Waals surface area contributed by atoms with Crippen LogP contribution in [0.5, 0.6) is 0 Å². The molecule has 1 unspecified atom stereocenters. The number of aliphatic hydroxyl groups excluding tert-OH is 1. The largest absolute Gasteiger partial charge is 0.392 e.